The second-order valence-corrected chi connectivity index (χ2v) is 11.1. The third-order valence-electron chi connectivity index (χ3n) is 4.80. The predicted octanol–water partition coefficient (Wildman–Crippen LogP) is 5.12. The lowest BCUT2D eigenvalue weighted by molar-refractivity contribution is -0.0607. The number of alkyl halides is 6. The Morgan fingerprint density at radius 3 is 1.49 bits per heavy atom. The lowest BCUT2D eigenvalue weighted by Gasteiger charge is -2.12. The first kappa shape index (κ1) is 35.6. The average Bonchev–Trinajstić information content (AvgIpc) is 2.88. The smallest absolute Gasteiger partial charge is 0.469 e. The van der Waals surface area contributed by atoms with Crippen LogP contribution in [0.2, 0.25) is 0 Å². The van der Waals surface area contributed by atoms with Crippen LogP contribution in [0.25, 0.3) is 0 Å². The van der Waals surface area contributed by atoms with Gasteiger partial charge in [-0.25, -0.2) is 8.47 Å². The highest BCUT2D eigenvalue weighted by Crippen LogP contribution is 2.26. The fourth-order valence-electron chi connectivity index (χ4n) is 3.02. The maximum absolute atomic E-state index is 13.4. The van der Waals surface area contributed by atoms with Crippen LogP contribution in [-0.2, 0) is 33.3 Å². The molecule has 0 bridgehead atoms. The maximum atomic E-state index is 13.4. The number of halogens is 6. The van der Waals surface area contributed by atoms with Crippen LogP contribution < -0.4 is 9.47 Å². The van der Waals surface area contributed by atoms with Gasteiger partial charge in [-0.3, -0.25) is 4.28 Å². The molecule has 0 atom stereocenters. The summed E-state index contributed by atoms with van der Waals surface area (Å²) in [5.74, 6) is -0.155. The number of rotatable bonds is 16. The van der Waals surface area contributed by atoms with E-state index in [1.165, 1.54) is 38.1 Å². The van der Waals surface area contributed by atoms with Crippen LogP contribution in [0, 0.1) is 0 Å². The second-order valence-electron chi connectivity index (χ2n) is 8.20. The highest BCUT2D eigenvalue weighted by Gasteiger charge is 2.39. The fourth-order valence-corrected chi connectivity index (χ4v) is 4.28. The van der Waals surface area contributed by atoms with E-state index in [2.05, 4.69) is 23.1 Å². The van der Waals surface area contributed by atoms with Gasteiger partial charge in [0.2, 0.25) is 0 Å². The van der Waals surface area contributed by atoms with E-state index in [0.29, 0.717) is 0 Å². The normalized spacial score (nSPS) is 13.5. The number of hydrogen-bond donors (Lipinski definition) is 0. The SMILES string of the molecule is CCCS(=O)(=O)O/N=C(/c1ccc(OCCCOc2ccc(/C(=N/OS(=O)(=O)OCC)C(F)(F)F)cc2)cc1)C(F)(F)F. The number of hydrogen-bond acceptors (Lipinski definition) is 11. The molecule has 0 amide bonds. The lowest BCUT2D eigenvalue weighted by atomic mass is 10.1. The van der Waals surface area contributed by atoms with E-state index in [9.17, 15) is 43.2 Å². The number of ether oxygens (including phenoxy) is 2. The maximum Gasteiger partial charge on any atom is 0.469 e. The summed E-state index contributed by atoms with van der Waals surface area (Å²) >= 11 is 0. The molecule has 240 valence electrons. The quantitative estimate of drug-likeness (QED) is 0.104. The van der Waals surface area contributed by atoms with Crippen molar-refractivity contribution in [1.29, 1.82) is 0 Å². The lowest BCUT2D eigenvalue weighted by Crippen LogP contribution is -2.25. The Morgan fingerprint density at radius 2 is 1.12 bits per heavy atom. The van der Waals surface area contributed by atoms with Gasteiger partial charge in [0.15, 0.2) is 11.4 Å². The zero-order valence-corrected chi connectivity index (χ0v) is 24.1. The topological polar surface area (TPSA) is 139 Å². The van der Waals surface area contributed by atoms with E-state index in [1.807, 2.05) is 0 Å². The molecule has 0 aliphatic carbocycles. The molecule has 0 spiro atoms. The molecule has 0 aliphatic heterocycles. The summed E-state index contributed by atoms with van der Waals surface area (Å²) in [6, 6.07) is 8.79. The van der Waals surface area contributed by atoms with Crippen LogP contribution in [0.1, 0.15) is 37.8 Å². The van der Waals surface area contributed by atoms with E-state index in [4.69, 9.17) is 9.47 Å². The summed E-state index contributed by atoms with van der Waals surface area (Å²) in [5, 5.41) is 5.48. The molecule has 2 rings (SSSR count). The fraction of sp³-hybridized carbons (Fsp3) is 0.417. The van der Waals surface area contributed by atoms with Crippen molar-refractivity contribution in [3.05, 3.63) is 59.7 Å². The molecule has 0 radical (unpaired) electrons. The van der Waals surface area contributed by atoms with Crippen molar-refractivity contribution >= 4 is 31.9 Å². The van der Waals surface area contributed by atoms with Gasteiger partial charge < -0.3 is 9.47 Å². The minimum atomic E-state index is -5.05. The Bertz CT molecular complexity index is 1350. The molecule has 0 fully saturated rings. The van der Waals surface area contributed by atoms with E-state index in [-0.39, 0.29) is 44.2 Å². The third kappa shape index (κ3) is 12.3. The van der Waals surface area contributed by atoms with Crippen LogP contribution in [-0.4, -0.2) is 66.2 Å². The zero-order chi connectivity index (χ0) is 32.3. The Morgan fingerprint density at radius 1 is 0.698 bits per heavy atom. The summed E-state index contributed by atoms with van der Waals surface area (Å²) < 4.78 is 149. The van der Waals surface area contributed by atoms with Crippen LogP contribution in [0.15, 0.2) is 58.8 Å². The van der Waals surface area contributed by atoms with Gasteiger partial charge in [0.1, 0.15) is 11.5 Å². The molecule has 2 aromatic carbocycles. The van der Waals surface area contributed by atoms with Gasteiger partial charge in [0.05, 0.1) is 25.6 Å². The van der Waals surface area contributed by atoms with Crippen molar-refractivity contribution in [2.24, 2.45) is 10.3 Å². The van der Waals surface area contributed by atoms with Crippen LogP contribution in [0.4, 0.5) is 26.3 Å². The molecule has 0 N–H and O–H groups in total. The molecule has 11 nitrogen and oxygen atoms in total. The second kappa shape index (κ2) is 15.2. The van der Waals surface area contributed by atoms with Crippen molar-refractivity contribution in [2.45, 2.75) is 39.0 Å². The van der Waals surface area contributed by atoms with Crippen molar-refractivity contribution < 1.29 is 65.4 Å². The van der Waals surface area contributed by atoms with Crippen LogP contribution in [0.5, 0.6) is 11.5 Å². The molecule has 0 unspecified atom stereocenters. The molecule has 0 heterocycles. The average molecular weight is 665 g/mol. The van der Waals surface area contributed by atoms with Crippen molar-refractivity contribution in [2.75, 3.05) is 25.6 Å². The van der Waals surface area contributed by atoms with Gasteiger partial charge >= 0.3 is 32.9 Å². The largest absolute Gasteiger partial charge is 0.493 e. The van der Waals surface area contributed by atoms with E-state index in [1.54, 1.807) is 0 Å². The minimum Gasteiger partial charge on any atom is -0.493 e. The van der Waals surface area contributed by atoms with Gasteiger partial charge in [0.25, 0.3) is 0 Å². The molecule has 0 aliphatic rings. The van der Waals surface area contributed by atoms with Gasteiger partial charge in [-0.05, 0) is 61.9 Å². The van der Waals surface area contributed by atoms with Crippen molar-refractivity contribution in [3.8, 4) is 11.5 Å². The third-order valence-corrected chi connectivity index (χ3v) is 6.79. The Kier molecular flexibility index (Phi) is 12.6. The first-order valence-corrected chi connectivity index (χ1v) is 15.1. The van der Waals surface area contributed by atoms with E-state index >= 15 is 0 Å². The minimum absolute atomic E-state index is 0.0435. The standard InChI is InChI=1S/C24H26F6N2O9S2/c1-3-16-42(33,34)40-31-21(23(25,26)27)17-6-10-19(11-7-17)37-14-5-15-38-20-12-8-18(9-13-20)22(24(28,29)30)32-41-43(35,36)39-4-2/h6-13H,3-5,14-16H2,1-2H3/b31-21-,32-22-. The number of oxime groups is 2. The zero-order valence-electron chi connectivity index (χ0n) is 22.5. The van der Waals surface area contributed by atoms with E-state index < -0.39 is 61.2 Å². The molecule has 0 saturated heterocycles. The molecule has 43 heavy (non-hydrogen) atoms. The number of benzene rings is 2. The Labute approximate surface area is 243 Å². The van der Waals surface area contributed by atoms with Gasteiger partial charge in [-0.15, -0.1) is 0 Å². The summed E-state index contributed by atoms with van der Waals surface area (Å²) in [4.78, 5) is 0. The first-order chi connectivity index (χ1) is 20.0. The van der Waals surface area contributed by atoms with Gasteiger partial charge in [-0.1, -0.05) is 17.2 Å². The van der Waals surface area contributed by atoms with E-state index in [0.717, 1.165) is 24.3 Å². The summed E-state index contributed by atoms with van der Waals surface area (Å²) in [5.41, 5.74) is -4.13. The summed E-state index contributed by atoms with van der Waals surface area (Å²) in [6.07, 6.45) is -9.66. The van der Waals surface area contributed by atoms with Crippen LogP contribution >= 0.6 is 0 Å². The first-order valence-electron chi connectivity index (χ1n) is 12.2. The highest BCUT2D eigenvalue weighted by molar-refractivity contribution is 7.86. The highest BCUT2D eigenvalue weighted by atomic mass is 32.3. The Hall–Kier alpha value is -3.58. The van der Waals surface area contributed by atoms with Gasteiger partial charge in [0, 0.05) is 17.5 Å². The molecular formula is C24H26F6N2O9S2. The molecule has 19 heteroatoms. The molecule has 0 aromatic heterocycles. The van der Waals surface area contributed by atoms with Crippen molar-refractivity contribution in [1.82, 2.24) is 0 Å². The van der Waals surface area contributed by atoms with Crippen LogP contribution in [0.3, 0.4) is 0 Å². The monoisotopic (exact) mass is 664 g/mol. The number of nitrogens with zero attached hydrogens (tertiary/aromatic N) is 2. The molecule has 2 aromatic rings. The van der Waals surface area contributed by atoms with Crippen molar-refractivity contribution in [3.63, 3.8) is 0 Å². The molecule has 0 saturated carbocycles. The Balaban J connectivity index is 1.93. The summed E-state index contributed by atoms with van der Waals surface area (Å²) in [6.45, 7) is 2.51. The summed E-state index contributed by atoms with van der Waals surface area (Å²) in [7, 11) is -9.03. The van der Waals surface area contributed by atoms with Gasteiger partial charge in [-0.2, -0.15) is 43.2 Å². The molecular weight excluding hydrogens is 638 g/mol. The predicted molar refractivity (Wildman–Crippen MR) is 140 cm³/mol.